The number of likely N-dealkylation sites (tertiary alicyclic amines) is 1. The van der Waals surface area contributed by atoms with Crippen molar-refractivity contribution in [3.05, 3.63) is 35.9 Å². The van der Waals surface area contributed by atoms with E-state index in [0.717, 1.165) is 12.0 Å². The SMILES string of the molecule is CC(C)(C)OC(=O)N1CCC(NOCc2ccccc2)C1. The highest BCUT2D eigenvalue weighted by molar-refractivity contribution is 5.68. The highest BCUT2D eigenvalue weighted by Crippen LogP contribution is 2.15. The summed E-state index contributed by atoms with van der Waals surface area (Å²) in [6, 6.07) is 10.1. The molecule has 1 aliphatic heterocycles. The van der Waals surface area contributed by atoms with Gasteiger partial charge in [-0.1, -0.05) is 30.3 Å². The molecule has 1 aliphatic rings. The maximum Gasteiger partial charge on any atom is 0.410 e. The fraction of sp³-hybridized carbons (Fsp3) is 0.562. The van der Waals surface area contributed by atoms with Gasteiger partial charge in [-0.25, -0.2) is 4.79 Å². The van der Waals surface area contributed by atoms with Crippen LogP contribution < -0.4 is 5.48 Å². The van der Waals surface area contributed by atoms with Crippen LogP contribution in [0.2, 0.25) is 0 Å². The molecule has 1 aromatic carbocycles. The van der Waals surface area contributed by atoms with Crippen LogP contribution in [0.15, 0.2) is 30.3 Å². The van der Waals surface area contributed by atoms with Gasteiger partial charge < -0.3 is 9.64 Å². The van der Waals surface area contributed by atoms with E-state index < -0.39 is 5.60 Å². The zero-order valence-corrected chi connectivity index (χ0v) is 13.0. The number of benzene rings is 1. The Hall–Kier alpha value is -1.59. The third-order valence-electron chi connectivity index (χ3n) is 3.17. The molecule has 2 rings (SSSR count). The summed E-state index contributed by atoms with van der Waals surface area (Å²) in [5.41, 5.74) is 3.69. The van der Waals surface area contributed by atoms with E-state index in [1.165, 1.54) is 0 Å². The molecular weight excluding hydrogens is 268 g/mol. The van der Waals surface area contributed by atoms with E-state index in [2.05, 4.69) is 5.48 Å². The summed E-state index contributed by atoms with van der Waals surface area (Å²) in [6.07, 6.45) is 0.614. The molecule has 1 aromatic rings. The lowest BCUT2D eigenvalue weighted by molar-refractivity contribution is 0.00254. The Morgan fingerprint density at radius 3 is 2.71 bits per heavy atom. The monoisotopic (exact) mass is 292 g/mol. The Balaban J connectivity index is 1.69. The van der Waals surface area contributed by atoms with Crippen LogP contribution in [0.25, 0.3) is 0 Å². The van der Waals surface area contributed by atoms with Crippen molar-refractivity contribution in [1.82, 2.24) is 10.4 Å². The van der Waals surface area contributed by atoms with Crippen molar-refractivity contribution in [3.8, 4) is 0 Å². The topological polar surface area (TPSA) is 50.8 Å². The third-order valence-corrected chi connectivity index (χ3v) is 3.17. The van der Waals surface area contributed by atoms with Gasteiger partial charge in [0.1, 0.15) is 5.60 Å². The van der Waals surface area contributed by atoms with Crippen molar-refractivity contribution in [3.63, 3.8) is 0 Å². The summed E-state index contributed by atoms with van der Waals surface area (Å²) >= 11 is 0. The van der Waals surface area contributed by atoms with Crippen LogP contribution in [-0.4, -0.2) is 35.7 Å². The largest absolute Gasteiger partial charge is 0.444 e. The van der Waals surface area contributed by atoms with E-state index in [1.807, 2.05) is 51.1 Å². The van der Waals surface area contributed by atoms with E-state index in [1.54, 1.807) is 4.90 Å². The minimum absolute atomic E-state index is 0.154. The summed E-state index contributed by atoms with van der Waals surface area (Å²) in [5, 5.41) is 0. The molecule has 1 atom stereocenters. The van der Waals surface area contributed by atoms with Gasteiger partial charge in [-0.3, -0.25) is 4.84 Å². The number of hydroxylamine groups is 1. The Morgan fingerprint density at radius 1 is 1.33 bits per heavy atom. The second-order valence-corrected chi connectivity index (χ2v) is 6.30. The van der Waals surface area contributed by atoms with Gasteiger partial charge >= 0.3 is 6.09 Å². The van der Waals surface area contributed by atoms with Crippen LogP contribution in [0.1, 0.15) is 32.8 Å². The third kappa shape index (κ3) is 5.36. The quantitative estimate of drug-likeness (QED) is 0.867. The number of carbonyl (C=O) groups excluding carboxylic acids is 1. The zero-order chi connectivity index (χ0) is 15.3. The van der Waals surface area contributed by atoms with Crippen molar-refractivity contribution in [1.29, 1.82) is 0 Å². The molecular formula is C16H24N2O3. The average molecular weight is 292 g/mol. The molecule has 0 aliphatic carbocycles. The Morgan fingerprint density at radius 2 is 2.05 bits per heavy atom. The maximum absolute atomic E-state index is 11.9. The average Bonchev–Trinajstić information content (AvgIpc) is 2.87. The van der Waals surface area contributed by atoms with Crippen molar-refractivity contribution in [2.45, 2.75) is 45.4 Å². The second kappa shape index (κ2) is 6.91. The Bertz CT molecular complexity index is 456. The minimum Gasteiger partial charge on any atom is -0.444 e. The van der Waals surface area contributed by atoms with Gasteiger partial charge in [-0.15, -0.1) is 0 Å². The van der Waals surface area contributed by atoms with E-state index in [9.17, 15) is 4.79 Å². The van der Waals surface area contributed by atoms with Crippen LogP contribution >= 0.6 is 0 Å². The summed E-state index contributed by atoms with van der Waals surface area (Å²) in [4.78, 5) is 19.2. The second-order valence-electron chi connectivity index (χ2n) is 6.30. The first-order valence-corrected chi connectivity index (χ1v) is 7.33. The van der Waals surface area contributed by atoms with Crippen LogP contribution in [0.4, 0.5) is 4.79 Å². The summed E-state index contributed by atoms with van der Waals surface area (Å²) in [7, 11) is 0. The smallest absolute Gasteiger partial charge is 0.410 e. The first kappa shape index (κ1) is 15.8. The molecule has 1 amide bonds. The van der Waals surface area contributed by atoms with Crippen LogP contribution in [0.5, 0.6) is 0 Å². The molecule has 5 heteroatoms. The van der Waals surface area contributed by atoms with Crippen LogP contribution in [0, 0.1) is 0 Å². The molecule has 1 heterocycles. The highest BCUT2D eigenvalue weighted by Gasteiger charge is 2.29. The lowest BCUT2D eigenvalue weighted by Crippen LogP contribution is -2.38. The molecule has 1 fully saturated rings. The number of rotatable bonds is 4. The van der Waals surface area contributed by atoms with Gasteiger partial charge in [-0.05, 0) is 32.8 Å². The van der Waals surface area contributed by atoms with Crippen molar-refractivity contribution < 1.29 is 14.4 Å². The molecule has 5 nitrogen and oxygen atoms in total. The molecule has 0 radical (unpaired) electrons. The van der Waals surface area contributed by atoms with Crippen LogP contribution in [-0.2, 0) is 16.2 Å². The van der Waals surface area contributed by atoms with E-state index >= 15 is 0 Å². The first-order chi connectivity index (χ1) is 9.94. The molecule has 0 aromatic heterocycles. The summed E-state index contributed by atoms with van der Waals surface area (Å²) < 4.78 is 5.36. The Kier molecular flexibility index (Phi) is 5.20. The summed E-state index contributed by atoms with van der Waals surface area (Å²) in [5.74, 6) is 0. The molecule has 0 spiro atoms. The molecule has 0 bridgehead atoms. The number of nitrogens with one attached hydrogen (secondary N) is 1. The predicted octanol–water partition coefficient (Wildman–Crippen LogP) is 2.72. The molecule has 116 valence electrons. The van der Waals surface area contributed by atoms with Crippen LogP contribution in [0.3, 0.4) is 0 Å². The lowest BCUT2D eigenvalue weighted by atomic mass is 10.2. The molecule has 1 saturated heterocycles. The van der Waals surface area contributed by atoms with Gasteiger partial charge in [0.05, 0.1) is 12.6 Å². The minimum atomic E-state index is -0.452. The van der Waals surface area contributed by atoms with Gasteiger partial charge in [0.25, 0.3) is 0 Å². The molecule has 21 heavy (non-hydrogen) atoms. The fourth-order valence-electron chi connectivity index (χ4n) is 2.17. The van der Waals surface area contributed by atoms with Crippen molar-refractivity contribution in [2.24, 2.45) is 0 Å². The predicted molar refractivity (Wildman–Crippen MR) is 80.6 cm³/mol. The Labute approximate surface area is 126 Å². The zero-order valence-electron chi connectivity index (χ0n) is 13.0. The van der Waals surface area contributed by atoms with Crippen molar-refractivity contribution >= 4 is 6.09 Å². The van der Waals surface area contributed by atoms with E-state index in [0.29, 0.717) is 19.7 Å². The van der Waals surface area contributed by atoms with E-state index in [-0.39, 0.29) is 12.1 Å². The van der Waals surface area contributed by atoms with E-state index in [4.69, 9.17) is 9.57 Å². The number of carbonyl (C=O) groups is 1. The maximum atomic E-state index is 11.9. The normalized spacial score (nSPS) is 18.8. The molecule has 1 N–H and O–H groups in total. The van der Waals surface area contributed by atoms with Crippen molar-refractivity contribution in [2.75, 3.05) is 13.1 Å². The van der Waals surface area contributed by atoms with Gasteiger partial charge in [-0.2, -0.15) is 5.48 Å². The van der Waals surface area contributed by atoms with Gasteiger partial charge in [0.15, 0.2) is 0 Å². The van der Waals surface area contributed by atoms with Gasteiger partial charge in [0.2, 0.25) is 0 Å². The standard InChI is InChI=1S/C16H24N2O3/c1-16(2,3)21-15(19)18-10-9-14(11-18)17-20-12-13-7-5-4-6-8-13/h4-8,14,17H,9-12H2,1-3H3. The number of amides is 1. The highest BCUT2D eigenvalue weighted by atomic mass is 16.6. The fourth-order valence-corrected chi connectivity index (χ4v) is 2.17. The number of hydrogen-bond donors (Lipinski definition) is 1. The summed E-state index contributed by atoms with van der Waals surface area (Å²) in [6.45, 7) is 7.45. The number of hydrogen-bond acceptors (Lipinski definition) is 4. The number of ether oxygens (including phenoxy) is 1. The lowest BCUT2D eigenvalue weighted by Gasteiger charge is -2.24. The molecule has 0 saturated carbocycles. The first-order valence-electron chi connectivity index (χ1n) is 7.33. The number of nitrogens with zero attached hydrogens (tertiary/aromatic N) is 1. The van der Waals surface area contributed by atoms with Gasteiger partial charge in [0, 0.05) is 13.1 Å². The molecule has 1 unspecified atom stereocenters.